The average Bonchev–Trinajstić information content (AvgIpc) is 2.45. The Labute approximate surface area is 120 Å². The van der Waals surface area contributed by atoms with Crippen LogP contribution in [-0.2, 0) is 6.18 Å². The van der Waals surface area contributed by atoms with Gasteiger partial charge in [-0.25, -0.2) is 0 Å². The Morgan fingerprint density at radius 3 is 2.38 bits per heavy atom. The number of methoxy groups -OCH3 is 1. The van der Waals surface area contributed by atoms with Gasteiger partial charge in [0, 0.05) is 6.20 Å². The molecule has 0 saturated heterocycles. The number of nitrogens with two attached hydrogens (primary N) is 1. The zero-order valence-electron chi connectivity index (χ0n) is 11.6. The van der Waals surface area contributed by atoms with Crippen molar-refractivity contribution in [3.8, 4) is 5.75 Å². The Hall–Kier alpha value is -2.08. The average molecular weight is 296 g/mol. The van der Waals surface area contributed by atoms with Crippen LogP contribution < -0.4 is 10.5 Å². The van der Waals surface area contributed by atoms with Crippen LogP contribution in [0.4, 0.5) is 13.2 Å². The molecule has 0 aliphatic heterocycles. The molecular weight excluding hydrogens is 281 g/mol. The zero-order valence-corrected chi connectivity index (χ0v) is 11.6. The second-order valence-electron chi connectivity index (χ2n) is 4.67. The van der Waals surface area contributed by atoms with Gasteiger partial charge in [-0.05, 0) is 42.3 Å². The van der Waals surface area contributed by atoms with Crippen molar-refractivity contribution in [3.63, 3.8) is 0 Å². The lowest BCUT2D eigenvalue weighted by Crippen LogP contribution is -2.16. The lowest BCUT2D eigenvalue weighted by atomic mass is 9.98. The molecule has 0 aliphatic carbocycles. The van der Waals surface area contributed by atoms with Crippen molar-refractivity contribution in [1.82, 2.24) is 4.98 Å². The van der Waals surface area contributed by atoms with Crippen molar-refractivity contribution >= 4 is 0 Å². The van der Waals surface area contributed by atoms with Crippen molar-refractivity contribution in [3.05, 3.63) is 58.9 Å². The van der Waals surface area contributed by atoms with Gasteiger partial charge in [0.25, 0.3) is 0 Å². The van der Waals surface area contributed by atoms with E-state index in [1.807, 2.05) is 13.0 Å². The number of nitrogens with zero attached hydrogens (tertiary/aromatic N) is 1. The predicted molar refractivity (Wildman–Crippen MR) is 73.0 cm³/mol. The van der Waals surface area contributed by atoms with Crippen LogP contribution in [0.15, 0.2) is 36.5 Å². The first kappa shape index (κ1) is 15.3. The first-order valence-corrected chi connectivity index (χ1v) is 6.26. The molecule has 1 unspecified atom stereocenters. The van der Waals surface area contributed by atoms with E-state index in [9.17, 15) is 13.2 Å². The monoisotopic (exact) mass is 296 g/mol. The highest BCUT2D eigenvalue weighted by Gasteiger charge is 2.30. The van der Waals surface area contributed by atoms with Crippen molar-refractivity contribution in [1.29, 1.82) is 0 Å². The molecule has 6 heteroatoms. The fourth-order valence-electron chi connectivity index (χ4n) is 2.04. The number of halogens is 3. The summed E-state index contributed by atoms with van der Waals surface area (Å²) in [5, 5.41) is 0. The molecule has 3 nitrogen and oxygen atoms in total. The minimum atomic E-state index is -4.40. The summed E-state index contributed by atoms with van der Waals surface area (Å²) in [6, 6.07) is 7.07. The number of benzene rings is 1. The molecule has 1 atom stereocenters. The summed E-state index contributed by atoms with van der Waals surface area (Å²) >= 11 is 0. The summed E-state index contributed by atoms with van der Waals surface area (Å²) in [5.41, 5.74) is 7.37. The summed E-state index contributed by atoms with van der Waals surface area (Å²) in [6.45, 7) is 1.86. The van der Waals surface area contributed by atoms with Crippen molar-refractivity contribution in [2.75, 3.05) is 7.11 Å². The topological polar surface area (TPSA) is 48.1 Å². The van der Waals surface area contributed by atoms with E-state index in [1.165, 1.54) is 6.07 Å². The van der Waals surface area contributed by atoms with Gasteiger partial charge in [-0.1, -0.05) is 6.07 Å². The van der Waals surface area contributed by atoms with Gasteiger partial charge in [0.2, 0.25) is 0 Å². The molecule has 0 saturated carbocycles. The maximum atomic E-state index is 12.5. The SMILES string of the molecule is COc1ccc(C(N)c2ccc(C(F)(F)F)cn2)c(C)c1. The van der Waals surface area contributed by atoms with Gasteiger partial charge >= 0.3 is 6.18 Å². The van der Waals surface area contributed by atoms with E-state index < -0.39 is 17.8 Å². The van der Waals surface area contributed by atoms with Gasteiger partial charge < -0.3 is 10.5 Å². The molecule has 2 rings (SSSR count). The van der Waals surface area contributed by atoms with Gasteiger partial charge in [-0.3, -0.25) is 4.98 Å². The molecule has 112 valence electrons. The second-order valence-corrected chi connectivity index (χ2v) is 4.67. The maximum Gasteiger partial charge on any atom is 0.417 e. The third kappa shape index (κ3) is 3.33. The second kappa shape index (κ2) is 5.73. The van der Waals surface area contributed by atoms with Crippen molar-refractivity contribution < 1.29 is 17.9 Å². The van der Waals surface area contributed by atoms with E-state index in [0.29, 0.717) is 11.4 Å². The quantitative estimate of drug-likeness (QED) is 0.943. The first-order valence-electron chi connectivity index (χ1n) is 6.26. The van der Waals surface area contributed by atoms with E-state index >= 15 is 0 Å². The molecule has 1 heterocycles. The van der Waals surface area contributed by atoms with Gasteiger partial charge in [-0.2, -0.15) is 13.2 Å². The predicted octanol–water partition coefficient (Wildman–Crippen LogP) is 3.47. The van der Waals surface area contributed by atoms with E-state index in [-0.39, 0.29) is 0 Å². The molecular formula is C15H15F3N2O. The summed E-state index contributed by atoms with van der Waals surface area (Å²) < 4.78 is 42.6. The summed E-state index contributed by atoms with van der Waals surface area (Å²) in [6.07, 6.45) is -3.60. The molecule has 1 aromatic heterocycles. The molecule has 0 spiro atoms. The highest BCUT2D eigenvalue weighted by molar-refractivity contribution is 5.39. The summed E-state index contributed by atoms with van der Waals surface area (Å²) in [4.78, 5) is 3.83. The van der Waals surface area contributed by atoms with Gasteiger partial charge in [0.05, 0.1) is 24.4 Å². The number of hydrogen-bond acceptors (Lipinski definition) is 3. The molecule has 2 aromatic rings. The van der Waals surface area contributed by atoms with Crippen LogP contribution >= 0.6 is 0 Å². The fourth-order valence-corrected chi connectivity index (χ4v) is 2.04. The Kier molecular flexibility index (Phi) is 4.18. The Balaban J connectivity index is 2.30. The van der Waals surface area contributed by atoms with Crippen LogP contribution in [0.2, 0.25) is 0 Å². The first-order chi connectivity index (χ1) is 9.82. The number of hydrogen-bond donors (Lipinski definition) is 1. The largest absolute Gasteiger partial charge is 0.497 e. The number of aromatic nitrogens is 1. The number of pyridine rings is 1. The molecule has 21 heavy (non-hydrogen) atoms. The lowest BCUT2D eigenvalue weighted by Gasteiger charge is -2.16. The molecule has 2 N–H and O–H groups in total. The Bertz CT molecular complexity index is 624. The minimum absolute atomic E-state index is 0.385. The number of alkyl halides is 3. The Morgan fingerprint density at radius 2 is 1.90 bits per heavy atom. The summed E-state index contributed by atoms with van der Waals surface area (Å²) in [7, 11) is 1.56. The maximum absolute atomic E-state index is 12.5. The van der Waals surface area contributed by atoms with Crippen LogP contribution in [0.25, 0.3) is 0 Å². The number of aryl methyl sites for hydroxylation is 1. The van der Waals surface area contributed by atoms with Crippen LogP contribution in [0.3, 0.4) is 0 Å². The highest BCUT2D eigenvalue weighted by Crippen LogP contribution is 2.30. The molecule has 0 amide bonds. The highest BCUT2D eigenvalue weighted by atomic mass is 19.4. The normalized spacial score (nSPS) is 13.0. The molecule has 0 radical (unpaired) electrons. The minimum Gasteiger partial charge on any atom is -0.497 e. The van der Waals surface area contributed by atoms with Crippen molar-refractivity contribution in [2.24, 2.45) is 5.73 Å². The molecule has 0 bridgehead atoms. The van der Waals surface area contributed by atoms with Crippen LogP contribution in [0, 0.1) is 6.92 Å². The van der Waals surface area contributed by atoms with Gasteiger partial charge in [-0.15, -0.1) is 0 Å². The number of rotatable bonds is 3. The lowest BCUT2D eigenvalue weighted by molar-refractivity contribution is -0.137. The van der Waals surface area contributed by atoms with Crippen molar-refractivity contribution in [2.45, 2.75) is 19.1 Å². The molecule has 0 fully saturated rings. The summed E-state index contributed by atoms with van der Waals surface area (Å²) in [5.74, 6) is 0.698. The van der Waals surface area contributed by atoms with Gasteiger partial charge in [0.1, 0.15) is 5.75 Å². The van der Waals surface area contributed by atoms with E-state index in [4.69, 9.17) is 10.5 Å². The Morgan fingerprint density at radius 1 is 1.19 bits per heavy atom. The van der Waals surface area contributed by atoms with Crippen LogP contribution in [0.5, 0.6) is 5.75 Å². The zero-order chi connectivity index (χ0) is 15.6. The van der Waals surface area contributed by atoms with Crippen LogP contribution in [0.1, 0.15) is 28.4 Å². The van der Waals surface area contributed by atoms with E-state index in [2.05, 4.69) is 4.98 Å². The third-order valence-electron chi connectivity index (χ3n) is 3.24. The smallest absolute Gasteiger partial charge is 0.417 e. The standard InChI is InChI=1S/C15H15F3N2O/c1-9-7-11(21-2)4-5-12(9)14(19)13-6-3-10(8-20-13)15(16,17)18/h3-8,14H,19H2,1-2H3. The van der Waals surface area contributed by atoms with E-state index in [1.54, 1.807) is 19.2 Å². The fraction of sp³-hybridized carbons (Fsp3) is 0.267. The third-order valence-corrected chi connectivity index (χ3v) is 3.24. The molecule has 0 aliphatic rings. The van der Waals surface area contributed by atoms with E-state index in [0.717, 1.165) is 23.4 Å². The number of ether oxygens (including phenoxy) is 1. The van der Waals surface area contributed by atoms with Crippen LogP contribution in [-0.4, -0.2) is 12.1 Å². The van der Waals surface area contributed by atoms with Gasteiger partial charge in [0.15, 0.2) is 0 Å². The molecule has 1 aromatic carbocycles.